The molecule has 0 bridgehead atoms. The smallest absolute Gasteiger partial charge is 0.329 e. The summed E-state index contributed by atoms with van der Waals surface area (Å²) in [5, 5.41) is 14.2. The number of amides is 2. The summed E-state index contributed by atoms with van der Waals surface area (Å²) in [6.07, 6.45) is 3.93. The molecule has 4 N–H and O–H groups in total. The predicted octanol–water partition coefficient (Wildman–Crippen LogP) is -0.378. The first-order valence-electron chi connectivity index (χ1n) is 6.49. The van der Waals surface area contributed by atoms with Crippen LogP contribution in [0, 0.1) is 0 Å². The number of carboxylic acids is 1. The Morgan fingerprint density at radius 3 is 2.30 bits per heavy atom. The minimum Gasteiger partial charge on any atom is -0.480 e. The van der Waals surface area contributed by atoms with Crippen LogP contribution in [0.2, 0.25) is 0 Å². The Morgan fingerprint density at radius 1 is 1.20 bits per heavy atom. The number of hydrogen-bond donors (Lipinski definition) is 4. The molecule has 0 radical (unpaired) electrons. The van der Waals surface area contributed by atoms with Crippen molar-refractivity contribution in [2.24, 2.45) is 0 Å². The third kappa shape index (κ3) is 5.33. The first kappa shape index (κ1) is 16.7. The molecular formula is C11H21N3O5S. The first-order chi connectivity index (χ1) is 9.25. The number of carboxylic acid groups (broad SMARTS) is 1. The summed E-state index contributed by atoms with van der Waals surface area (Å²) in [7, 11) is -3.22. The van der Waals surface area contributed by atoms with Gasteiger partial charge in [0, 0.05) is 13.1 Å². The van der Waals surface area contributed by atoms with Crippen LogP contribution in [0.5, 0.6) is 0 Å². The number of carbonyl (C=O) groups is 2. The standard InChI is InChI=1S/C11H21N3O5S/c1-20(18,19)13-8-4-7-12-10(17)14-11(9(15)16)5-2-3-6-11/h13H,2-8H2,1H3,(H,15,16)(H2,12,14,17). The second-order valence-corrected chi connectivity index (χ2v) is 6.83. The predicted molar refractivity (Wildman–Crippen MR) is 72.8 cm³/mol. The molecule has 0 aliphatic heterocycles. The van der Waals surface area contributed by atoms with Crippen LogP contribution in [-0.4, -0.2) is 50.4 Å². The molecule has 0 heterocycles. The molecule has 0 aromatic rings. The Balaban J connectivity index is 2.28. The zero-order valence-electron chi connectivity index (χ0n) is 11.4. The summed E-state index contributed by atoms with van der Waals surface area (Å²) in [5.41, 5.74) is -1.16. The lowest BCUT2D eigenvalue weighted by Crippen LogP contribution is -2.55. The maximum atomic E-state index is 11.6. The van der Waals surface area contributed by atoms with Crippen molar-refractivity contribution in [1.29, 1.82) is 0 Å². The van der Waals surface area contributed by atoms with E-state index >= 15 is 0 Å². The molecule has 116 valence electrons. The van der Waals surface area contributed by atoms with Crippen molar-refractivity contribution in [3.63, 3.8) is 0 Å². The molecule has 20 heavy (non-hydrogen) atoms. The van der Waals surface area contributed by atoms with Crippen LogP contribution < -0.4 is 15.4 Å². The zero-order chi connectivity index (χ0) is 15.2. The SMILES string of the molecule is CS(=O)(=O)NCCCNC(=O)NC1(C(=O)O)CCCC1. The fourth-order valence-corrected chi connectivity index (χ4v) is 2.70. The second-order valence-electron chi connectivity index (χ2n) is 5.00. The van der Waals surface area contributed by atoms with Crippen LogP contribution in [0.1, 0.15) is 32.1 Å². The number of aliphatic carboxylic acids is 1. The number of nitrogens with one attached hydrogen (secondary N) is 3. The van der Waals surface area contributed by atoms with Crippen LogP contribution >= 0.6 is 0 Å². The normalized spacial score (nSPS) is 17.6. The summed E-state index contributed by atoms with van der Waals surface area (Å²) in [4.78, 5) is 22.9. The Kier molecular flexibility index (Phi) is 5.75. The molecule has 1 fully saturated rings. The average molecular weight is 307 g/mol. The molecular weight excluding hydrogens is 286 g/mol. The molecule has 1 aliphatic carbocycles. The van der Waals surface area contributed by atoms with E-state index in [-0.39, 0.29) is 13.1 Å². The van der Waals surface area contributed by atoms with Gasteiger partial charge in [-0.2, -0.15) is 0 Å². The van der Waals surface area contributed by atoms with Gasteiger partial charge in [0.2, 0.25) is 10.0 Å². The molecule has 1 aliphatic rings. The fourth-order valence-electron chi connectivity index (χ4n) is 2.18. The molecule has 0 spiro atoms. The minimum absolute atomic E-state index is 0.225. The third-order valence-corrected chi connectivity index (χ3v) is 3.95. The Morgan fingerprint density at radius 2 is 1.80 bits per heavy atom. The number of rotatable bonds is 7. The van der Waals surface area contributed by atoms with Crippen LogP contribution in [0.3, 0.4) is 0 Å². The van der Waals surface area contributed by atoms with Gasteiger partial charge in [-0.1, -0.05) is 12.8 Å². The maximum absolute atomic E-state index is 11.6. The lowest BCUT2D eigenvalue weighted by atomic mass is 9.98. The summed E-state index contributed by atoms with van der Waals surface area (Å²) in [6.45, 7) is 0.493. The summed E-state index contributed by atoms with van der Waals surface area (Å²) in [5.74, 6) is -1.01. The van der Waals surface area contributed by atoms with Crippen LogP contribution in [0.15, 0.2) is 0 Å². The van der Waals surface area contributed by atoms with Gasteiger partial charge in [-0.25, -0.2) is 22.7 Å². The van der Waals surface area contributed by atoms with E-state index in [0.29, 0.717) is 19.3 Å². The number of carbonyl (C=O) groups excluding carboxylic acids is 1. The van der Waals surface area contributed by atoms with Crippen molar-refractivity contribution in [2.75, 3.05) is 19.3 Å². The quantitative estimate of drug-likeness (QED) is 0.477. The highest BCUT2D eigenvalue weighted by Gasteiger charge is 2.42. The lowest BCUT2D eigenvalue weighted by Gasteiger charge is -2.25. The van der Waals surface area contributed by atoms with E-state index in [2.05, 4.69) is 15.4 Å². The summed E-state index contributed by atoms with van der Waals surface area (Å²) in [6, 6.07) is -0.534. The van der Waals surface area contributed by atoms with Gasteiger partial charge in [0.25, 0.3) is 0 Å². The molecule has 9 heteroatoms. The van der Waals surface area contributed by atoms with Crippen molar-refractivity contribution in [3.8, 4) is 0 Å². The van der Waals surface area contributed by atoms with E-state index in [1.54, 1.807) is 0 Å². The molecule has 0 saturated heterocycles. The average Bonchev–Trinajstić information content (AvgIpc) is 2.76. The van der Waals surface area contributed by atoms with Gasteiger partial charge in [-0.15, -0.1) is 0 Å². The molecule has 0 atom stereocenters. The highest BCUT2D eigenvalue weighted by molar-refractivity contribution is 7.88. The van der Waals surface area contributed by atoms with E-state index in [0.717, 1.165) is 19.1 Å². The van der Waals surface area contributed by atoms with E-state index in [1.165, 1.54) is 0 Å². The van der Waals surface area contributed by atoms with Gasteiger partial charge in [0.15, 0.2) is 0 Å². The van der Waals surface area contributed by atoms with Gasteiger partial charge in [-0.05, 0) is 19.3 Å². The Labute approximate surface area is 118 Å². The van der Waals surface area contributed by atoms with Crippen molar-refractivity contribution in [3.05, 3.63) is 0 Å². The lowest BCUT2D eigenvalue weighted by molar-refractivity contribution is -0.144. The minimum atomic E-state index is -3.22. The van der Waals surface area contributed by atoms with Crippen molar-refractivity contribution in [2.45, 2.75) is 37.6 Å². The van der Waals surface area contributed by atoms with E-state index in [9.17, 15) is 23.1 Å². The molecule has 2 amide bonds. The monoisotopic (exact) mass is 307 g/mol. The topological polar surface area (TPSA) is 125 Å². The van der Waals surface area contributed by atoms with E-state index in [4.69, 9.17) is 0 Å². The molecule has 8 nitrogen and oxygen atoms in total. The Bertz CT molecular complexity index is 457. The first-order valence-corrected chi connectivity index (χ1v) is 8.38. The number of sulfonamides is 1. The zero-order valence-corrected chi connectivity index (χ0v) is 12.3. The molecule has 0 aromatic carbocycles. The number of urea groups is 1. The van der Waals surface area contributed by atoms with Crippen LogP contribution in [0.25, 0.3) is 0 Å². The molecule has 1 saturated carbocycles. The number of hydrogen-bond acceptors (Lipinski definition) is 4. The van der Waals surface area contributed by atoms with Crippen molar-refractivity contribution >= 4 is 22.0 Å². The van der Waals surface area contributed by atoms with Crippen molar-refractivity contribution < 1.29 is 23.1 Å². The van der Waals surface area contributed by atoms with Crippen LogP contribution in [-0.2, 0) is 14.8 Å². The largest absolute Gasteiger partial charge is 0.480 e. The highest BCUT2D eigenvalue weighted by Crippen LogP contribution is 2.29. The van der Waals surface area contributed by atoms with Gasteiger partial charge < -0.3 is 15.7 Å². The highest BCUT2D eigenvalue weighted by atomic mass is 32.2. The summed E-state index contributed by atoms with van der Waals surface area (Å²) >= 11 is 0. The third-order valence-electron chi connectivity index (χ3n) is 3.22. The molecule has 0 unspecified atom stereocenters. The van der Waals surface area contributed by atoms with Gasteiger partial charge in [-0.3, -0.25) is 0 Å². The maximum Gasteiger partial charge on any atom is 0.329 e. The van der Waals surface area contributed by atoms with Gasteiger partial charge in [0.05, 0.1) is 6.26 Å². The molecule has 0 aromatic heterocycles. The Hall–Kier alpha value is -1.35. The molecule has 1 rings (SSSR count). The summed E-state index contributed by atoms with van der Waals surface area (Å²) < 4.78 is 23.9. The fraction of sp³-hybridized carbons (Fsp3) is 0.818. The van der Waals surface area contributed by atoms with E-state index < -0.39 is 27.6 Å². The van der Waals surface area contributed by atoms with E-state index in [1.807, 2.05) is 0 Å². The van der Waals surface area contributed by atoms with Crippen LogP contribution in [0.4, 0.5) is 4.79 Å². The second kappa shape index (κ2) is 6.89. The van der Waals surface area contributed by atoms with Gasteiger partial charge in [0.1, 0.15) is 5.54 Å². The van der Waals surface area contributed by atoms with Crippen molar-refractivity contribution in [1.82, 2.24) is 15.4 Å². The van der Waals surface area contributed by atoms with Gasteiger partial charge >= 0.3 is 12.0 Å².